The molecule has 1 aliphatic rings. The summed E-state index contributed by atoms with van der Waals surface area (Å²) in [7, 11) is 0. The predicted octanol–water partition coefficient (Wildman–Crippen LogP) is 4.98. The number of esters is 1. The lowest BCUT2D eigenvalue weighted by atomic mass is 9.82. The fraction of sp³-hybridized carbons (Fsp3) is 0.556. The molecule has 0 spiro atoms. The first-order chi connectivity index (χ1) is 12.1. The van der Waals surface area contributed by atoms with Crippen LogP contribution < -0.4 is 0 Å². The number of nitrogens with one attached hydrogen (secondary N) is 1. The number of carbonyl (C=O) groups excluding carboxylic acids is 1. The first-order valence-corrected chi connectivity index (χ1v) is 9.52. The van der Waals surface area contributed by atoms with E-state index < -0.39 is 28.1 Å². The first kappa shape index (κ1) is 21.3. The number of hydrogen-bond acceptors (Lipinski definition) is 5. The molecule has 26 heavy (non-hydrogen) atoms. The van der Waals surface area contributed by atoms with Crippen LogP contribution in [0.15, 0.2) is 30.3 Å². The highest BCUT2D eigenvalue weighted by Crippen LogP contribution is 2.37. The van der Waals surface area contributed by atoms with E-state index in [1.807, 2.05) is 26.8 Å². The molecule has 144 valence electrons. The van der Waals surface area contributed by atoms with E-state index in [4.69, 9.17) is 54.4 Å². The molecule has 1 aliphatic heterocycles. The third kappa shape index (κ3) is 5.03. The highest BCUT2D eigenvalue weighted by molar-refractivity contribution is 6.76. The number of rotatable bonds is 4. The van der Waals surface area contributed by atoms with Gasteiger partial charge >= 0.3 is 5.97 Å². The van der Waals surface area contributed by atoms with E-state index in [1.165, 1.54) is 0 Å². The van der Waals surface area contributed by atoms with Crippen LogP contribution >= 0.6 is 34.8 Å². The molecule has 1 heterocycles. The van der Waals surface area contributed by atoms with Crippen LogP contribution in [0.4, 0.5) is 0 Å². The molecule has 0 aromatic heterocycles. The summed E-state index contributed by atoms with van der Waals surface area (Å²) in [5.74, 6) is -1.03. The quantitative estimate of drug-likeness (QED) is 0.321. The minimum Gasteiger partial charge on any atom is -0.452 e. The number of ether oxygens (including phenoxy) is 3. The molecule has 5 nitrogen and oxygen atoms in total. The lowest BCUT2D eigenvalue weighted by Crippen LogP contribution is -2.53. The molecule has 1 aromatic rings. The zero-order chi connectivity index (χ0) is 19.5. The average molecular weight is 423 g/mol. The lowest BCUT2D eigenvalue weighted by Gasteiger charge is -2.43. The van der Waals surface area contributed by atoms with Crippen molar-refractivity contribution in [1.29, 1.82) is 5.41 Å². The summed E-state index contributed by atoms with van der Waals surface area (Å²) in [5, 5.41) is 7.81. The van der Waals surface area contributed by atoms with Gasteiger partial charge in [0.1, 0.15) is 0 Å². The highest BCUT2D eigenvalue weighted by Gasteiger charge is 2.46. The molecule has 1 N–H and O–H groups in total. The van der Waals surface area contributed by atoms with Crippen LogP contribution in [0, 0.1) is 17.2 Å². The van der Waals surface area contributed by atoms with E-state index in [1.54, 1.807) is 24.3 Å². The first-order valence-electron chi connectivity index (χ1n) is 8.39. The van der Waals surface area contributed by atoms with Gasteiger partial charge in [0, 0.05) is 5.92 Å². The molecule has 0 saturated carbocycles. The molecular weight excluding hydrogens is 401 g/mol. The van der Waals surface area contributed by atoms with Gasteiger partial charge in [-0.25, -0.2) is 4.79 Å². The number of alkyl halides is 3. The van der Waals surface area contributed by atoms with Crippen LogP contribution in [0.2, 0.25) is 0 Å². The van der Waals surface area contributed by atoms with Gasteiger partial charge < -0.3 is 14.2 Å². The Morgan fingerprint density at radius 2 is 1.77 bits per heavy atom. The third-order valence-electron chi connectivity index (χ3n) is 4.66. The maximum Gasteiger partial charge on any atom is 0.338 e. The topological polar surface area (TPSA) is 68.6 Å². The predicted molar refractivity (Wildman–Crippen MR) is 102 cm³/mol. The average Bonchev–Trinajstić information content (AvgIpc) is 2.60. The zero-order valence-electron chi connectivity index (χ0n) is 14.7. The number of hydrogen-bond donors (Lipinski definition) is 1. The Morgan fingerprint density at radius 3 is 2.31 bits per heavy atom. The molecule has 1 fully saturated rings. The van der Waals surface area contributed by atoms with E-state index in [9.17, 15) is 4.79 Å². The largest absolute Gasteiger partial charge is 0.452 e. The van der Waals surface area contributed by atoms with Crippen molar-refractivity contribution < 1.29 is 19.0 Å². The van der Waals surface area contributed by atoms with E-state index in [0.29, 0.717) is 5.56 Å². The second-order valence-electron chi connectivity index (χ2n) is 6.35. The van der Waals surface area contributed by atoms with Crippen molar-refractivity contribution in [2.24, 2.45) is 11.8 Å². The Morgan fingerprint density at radius 1 is 1.15 bits per heavy atom. The van der Waals surface area contributed by atoms with Gasteiger partial charge in [-0.3, -0.25) is 5.41 Å². The van der Waals surface area contributed by atoms with Crippen LogP contribution in [-0.2, 0) is 14.2 Å². The van der Waals surface area contributed by atoms with Crippen LogP contribution in [0.25, 0.3) is 0 Å². The van der Waals surface area contributed by atoms with Gasteiger partial charge in [-0.15, -0.1) is 0 Å². The van der Waals surface area contributed by atoms with Crippen molar-refractivity contribution in [3.05, 3.63) is 35.9 Å². The van der Waals surface area contributed by atoms with Gasteiger partial charge in [0.2, 0.25) is 12.2 Å². The van der Waals surface area contributed by atoms with E-state index in [-0.39, 0.29) is 17.9 Å². The fourth-order valence-corrected chi connectivity index (χ4v) is 3.07. The minimum atomic E-state index is -2.02. The molecule has 0 aliphatic carbocycles. The van der Waals surface area contributed by atoms with Crippen LogP contribution in [0.3, 0.4) is 0 Å². The summed E-state index contributed by atoms with van der Waals surface area (Å²) in [4.78, 5) is 12.5. The molecule has 0 radical (unpaired) electrons. The Bertz CT molecular complexity index is 635. The van der Waals surface area contributed by atoms with Gasteiger partial charge in [0.25, 0.3) is 3.79 Å². The second kappa shape index (κ2) is 8.79. The number of carbonyl (C=O) groups is 1. The van der Waals surface area contributed by atoms with Crippen molar-refractivity contribution >= 4 is 46.7 Å². The third-order valence-corrected chi connectivity index (χ3v) is 5.17. The van der Waals surface area contributed by atoms with Gasteiger partial charge in [-0.1, -0.05) is 73.8 Å². The monoisotopic (exact) mass is 421 g/mol. The molecule has 1 aromatic carbocycles. The SMILES string of the molecule is CCC1OC(OC(=N)C(Cl)(Cl)Cl)C(OC(=O)c2ccccc2)C(C)C1C. The maximum absolute atomic E-state index is 12.5. The summed E-state index contributed by atoms with van der Waals surface area (Å²) in [6.45, 7) is 5.97. The molecule has 1 saturated heterocycles. The molecule has 2 rings (SSSR count). The van der Waals surface area contributed by atoms with Crippen molar-refractivity contribution in [1.82, 2.24) is 0 Å². The Labute approximate surface area is 168 Å². The summed E-state index contributed by atoms with van der Waals surface area (Å²) >= 11 is 17.1. The van der Waals surface area contributed by atoms with Gasteiger partial charge in [0.15, 0.2) is 6.10 Å². The van der Waals surface area contributed by atoms with Gasteiger partial charge in [-0.05, 0) is 24.5 Å². The van der Waals surface area contributed by atoms with Crippen molar-refractivity contribution in [3.63, 3.8) is 0 Å². The smallest absolute Gasteiger partial charge is 0.338 e. The Balaban J connectivity index is 2.22. The molecule has 5 unspecified atom stereocenters. The van der Waals surface area contributed by atoms with E-state index in [2.05, 4.69) is 0 Å². The van der Waals surface area contributed by atoms with E-state index >= 15 is 0 Å². The summed E-state index contributed by atoms with van der Waals surface area (Å²) in [6, 6.07) is 8.63. The van der Waals surface area contributed by atoms with E-state index in [0.717, 1.165) is 6.42 Å². The Kier molecular flexibility index (Phi) is 7.19. The molecular formula is C18H22Cl3NO4. The summed E-state index contributed by atoms with van der Waals surface area (Å²) < 4.78 is 15.0. The van der Waals surface area contributed by atoms with Gasteiger partial charge in [-0.2, -0.15) is 0 Å². The van der Waals surface area contributed by atoms with Crippen LogP contribution in [0.5, 0.6) is 0 Å². The summed E-state index contributed by atoms with van der Waals surface area (Å²) in [5.41, 5.74) is 0.417. The number of benzene rings is 1. The summed E-state index contributed by atoms with van der Waals surface area (Å²) in [6.07, 6.45) is -1.15. The second-order valence-corrected chi connectivity index (χ2v) is 8.63. The van der Waals surface area contributed by atoms with Crippen LogP contribution in [0.1, 0.15) is 37.6 Å². The fourth-order valence-electron chi connectivity index (χ4n) is 2.93. The molecule has 8 heteroatoms. The molecule has 5 atom stereocenters. The maximum atomic E-state index is 12.5. The van der Waals surface area contributed by atoms with Crippen molar-refractivity contribution in [3.8, 4) is 0 Å². The zero-order valence-corrected chi connectivity index (χ0v) is 17.0. The number of halogens is 3. The van der Waals surface area contributed by atoms with Crippen molar-refractivity contribution in [2.45, 2.75) is 49.5 Å². The minimum absolute atomic E-state index is 0.0745. The molecule has 0 amide bonds. The highest BCUT2D eigenvalue weighted by atomic mass is 35.6. The van der Waals surface area contributed by atoms with Crippen molar-refractivity contribution in [2.75, 3.05) is 0 Å². The normalized spacial score (nSPS) is 29.1. The standard InChI is InChI=1S/C18H22Cl3NO4/c1-4-13-10(2)11(3)14(16(24-13)26-17(22)18(19,20)21)25-15(23)12-8-6-5-7-9-12/h5-11,13-14,16,22H,4H2,1-3H3. The molecule has 0 bridgehead atoms. The van der Waals surface area contributed by atoms with Crippen LogP contribution in [-0.4, -0.2) is 34.2 Å². The lowest BCUT2D eigenvalue weighted by molar-refractivity contribution is -0.243. The van der Waals surface area contributed by atoms with Gasteiger partial charge in [0.05, 0.1) is 11.7 Å². The Hall–Kier alpha value is -1.01.